The van der Waals surface area contributed by atoms with Gasteiger partial charge in [0.15, 0.2) is 5.13 Å². The number of halogens is 2. The molecule has 0 atom stereocenters. The standard InChI is InChI=1S/C15H14Cl2N2O3S/c1-2-22-14(21)7-10-8-23-15(18-10)19-13(20)6-9-3-4-11(16)12(17)5-9/h3-5,8H,2,6-7H2,1H3,(H,18,19,20). The minimum Gasteiger partial charge on any atom is -0.466 e. The van der Waals surface area contributed by atoms with Crippen LogP contribution in [0.4, 0.5) is 5.13 Å². The van der Waals surface area contributed by atoms with E-state index in [0.29, 0.717) is 27.5 Å². The number of rotatable bonds is 6. The van der Waals surface area contributed by atoms with Crippen molar-refractivity contribution in [2.45, 2.75) is 19.8 Å². The fraction of sp³-hybridized carbons (Fsp3) is 0.267. The van der Waals surface area contributed by atoms with Crippen LogP contribution < -0.4 is 5.32 Å². The third-order valence-corrected chi connectivity index (χ3v) is 4.32. The number of hydrogen-bond acceptors (Lipinski definition) is 5. The fourth-order valence-corrected chi connectivity index (χ4v) is 2.85. The molecule has 2 rings (SSSR count). The molecule has 2 aromatic rings. The highest BCUT2D eigenvalue weighted by atomic mass is 35.5. The fourth-order valence-electron chi connectivity index (χ4n) is 1.80. The van der Waals surface area contributed by atoms with Crippen molar-refractivity contribution in [3.05, 3.63) is 44.9 Å². The summed E-state index contributed by atoms with van der Waals surface area (Å²) in [6.45, 7) is 2.07. The smallest absolute Gasteiger partial charge is 0.311 e. The Morgan fingerprint density at radius 1 is 1.26 bits per heavy atom. The molecule has 0 bridgehead atoms. The Kier molecular flexibility index (Phi) is 6.38. The van der Waals surface area contributed by atoms with Gasteiger partial charge in [-0.05, 0) is 24.6 Å². The molecule has 0 aliphatic carbocycles. The van der Waals surface area contributed by atoms with Crippen molar-refractivity contribution < 1.29 is 14.3 Å². The average molecular weight is 373 g/mol. The van der Waals surface area contributed by atoms with Crippen molar-refractivity contribution in [3.63, 3.8) is 0 Å². The normalized spacial score (nSPS) is 10.4. The van der Waals surface area contributed by atoms with Gasteiger partial charge in [0.25, 0.3) is 0 Å². The third-order valence-electron chi connectivity index (χ3n) is 2.78. The van der Waals surface area contributed by atoms with E-state index in [-0.39, 0.29) is 24.7 Å². The summed E-state index contributed by atoms with van der Waals surface area (Å²) in [7, 11) is 0. The second-order valence-electron chi connectivity index (χ2n) is 4.60. The maximum absolute atomic E-state index is 12.0. The molecule has 122 valence electrons. The van der Waals surface area contributed by atoms with E-state index < -0.39 is 0 Å². The number of ether oxygens (including phenoxy) is 1. The number of nitrogens with one attached hydrogen (secondary N) is 1. The van der Waals surface area contributed by atoms with Gasteiger partial charge in [-0.3, -0.25) is 9.59 Å². The van der Waals surface area contributed by atoms with E-state index >= 15 is 0 Å². The van der Waals surface area contributed by atoms with Crippen molar-refractivity contribution in [2.75, 3.05) is 11.9 Å². The van der Waals surface area contributed by atoms with Crippen molar-refractivity contribution in [3.8, 4) is 0 Å². The lowest BCUT2D eigenvalue weighted by Gasteiger charge is -2.03. The Labute approximate surface area is 147 Å². The van der Waals surface area contributed by atoms with Gasteiger partial charge in [-0.15, -0.1) is 11.3 Å². The molecule has 0 fully saturated rings. The van der Waals surface area contributed by atoms with Crippen molar-refractivity contribution >= 4 is 51.5 Å². The van der Waals surface area contributed by atoms with Gasteiger partial charge >= 0.3 is 5.97 Å². The molecule has 23 heavy (non-hydrogen) atoms. The zero-order valence-electron chi connectivity index (χ0n) is 12.3. The molecular weight excluding hydrogens is 359 g/mol. The summed E-state index contributed by atoms with van der Waals surface area (Å²) in [5.41, 5.74) is 1.32. The molecule has 0 unspecified atom stereocenters. The first kappa shape index (κ1) is 17.7. The lowest BCUT2D eigenvalue weighted by Crippen LogP contribution is -2.14. The minimum atomic E-state index is -0.341. The Bertz CT molecular complexity index is 718. The molecule has 1 heterocycles. The van der Waals surface area contributed by atoms with E-state index in [9.17, 15) is 9.59 Å². The SMILES string of the molecule is CCOC(=O)Cc1csc(NC(=O)Cc2ccc(Cl)c(Cl)c2)n1. The Morgan fingerprint density at radius 2 is 2.04 bits per heavy atom. The molecular formula is C15H14Cl2N2O3S. The average Bonchev–Trinajstić information content (AvgIpc) is 2.90. The zero-order valence-corrected chi connectivity index (χ0v) is 14.6. The van der Waals surface area contributed by atoms with Gasteiger partial charge in [0.2, 0.25) is 5.91 Å². The zero-order chi connectivity index (χ0) is 16.8. The van der Waals surface area contributed by atoms with Gasteiger partial charge < -0.3 is 10.1 Å². The number of carbonyl (C=O) groups is 2. The number of anilines is 1. The van der Waals surface area contributed by atoms with Crippen molar-refractivity contribution in [1.29, 1.82) is 0 Å². The molecule has 0 aliphatic rings. The lowest BCUT2D eigenvalue weighted by atomic mass is 10.1. The summed E-state index contributed by atoms with van der Waals surface area (Å²) in [4.78, 5) is 27.6. The number of benzene rings is 1. The largest absolute Gasteiger partial charge is 0.466 e. The number of aromatic nitrogens is 1. The van der Waals surface area contributed by atoms with Crippen LogP contribution in [-0.4, -0.2) is 23.5 Å². The monoisotopic (exact) mass is 372 g/mol. The summed E-state index contributed by atoms with van der Waals surface area (Å²) in [6.07, 6.45) is 0.247. The molecule has 1 amide bonds. The van der Waals surface area contributed by atoms with Crippen LogP contribution in [0.5, 0.6) is 0 Å². The topological polar surface area (TPSA) is 68.3 Å². The van der Waals surface area contributed by atoms with Crippen LogP contribution in [-0.2, 0) is 27.2 Å². The van der Waals surface area contributed by atoms with Crippen molar-refractivity contribution in [2.24, 2.45) is 0 Å². The first-order valence-electron chi connectivity index (χ1n) is 6.81. The summed E-state index contributed by atoms with van der Waals surface area (Å²) in [5.74, 6) is -0.563. The van der Waals surface area contributed by atoms with Crippen LogP contribution in [0, 0.1) is 0 Å². The van der Waals surface area contributed by atoms with E-state index in [1.165, 1.54) is 11.3 Å². The van der Waals surface area contributed by atoms with E-state index in [2.05, 4.69) is 10.3 Å². The summed E-state index contributed by atoms with van der Waals surface area (Å²) >= 11 is 13.0. The summed E-state index contributed by atoms with van der Waals surface area (Å²) < 4.78 is 4.85. The molecule has 1 aromatic carbocycles. The van der Waals surface area contributed by atoms with Crippen LogP contribution in [0.2, 0.25) is 10.0 Å². The van der Waals surface area contributed by atoms with Gasteiger partial charge in [-0.25, -0.2) is 4.98 Å². The Balaban J connectivity index is 1.91. The molecule has 0 spiro atoms. The quantitative estimate of drug-likeness (QED) is 0.784. The highest BCUT2D eigenvalue weighted by molar-refractivity contribution is 7.13. The molecule has 8 heteroatoms. The van der Waals surface area contributed by atoms with Gasteiger partial charge in [-0.2, -0.15) is 0 Å². The van der Waals surface area contributed by atoms with Crippen LogP contribution in [0.15, 0.2) is 23.6 Å². The molecule has 0 saturated carbocycles. The summed E-state index contributed by atoms with van der Waals surface area (Å²) in [5, 5.41) is 5.69. The van der Waals surface area contributed by atoms with E-state index in [1.807, 2.05) is 0 Å². The predicted octanol–water partition coefficient (Wildman–Crippen LogP) is 3.74. The molecule has 1 aromatic heterocycles. The number of esters is 1. The van der Waals surface area contributed by atoms with Crippen LogP contribution in [0.1, 0.15) is 18.2 Å². The Hall–Kier alpha value is -1.63. The first-order chi connectivity index (χ1) is 11.0. The highest BCUT2D eigenvalue weighted by Gasteiger charge is 2.11. The first-order valence-corrected chi connectivity index (χ1v) is 8.45. The molecule has 0 aliphatic heterocycles. The van der Waals surface area contributed by atoms with Gasteiger partial charge in [-0.1, -0.05) is 29.3 Å². The van der Waals surface area contributed by atoms with Gasteiger partial charge in [0.05, 0.1) is 35.2 Å². The van der Waals surface area contributed by atoms with Crippen LogP contribution >= 0.6 is 34.5 Å². The van der Waals surface area contributed by atoms with Gasteiger partial charge in [0.1, 0.15) is 0 Å². The van der Waals surface area contributed by atoms with Gasteiger partial charge in [0, 0.05) is 5.38 Å². The van der Waals surface area contributed by atoms with E-state index in [0.717, 1.165) is 5.56 Å². The third kappa shape index (κ3) is 5.49. The maximum Gasteiger partial charge on any atom is 0.311 e. The highest BCUT2D eigenvalue weighted by Crippen LogP contribution is 2.23. The number of thiazole rings is 1. The number of hydrogen-bond donors (Lipinski definition) is 1. The molecule has 1 N–H and O–H groups in total. The van der Waals surface area contributed by atoms with Crippen LogP contribution in [0.3, 0.4) is 0 Å². The lowest BCUT2D eigenvalue weighted by molar-refractivity contribution is -0.142. The predicted molar refractivity (Wildman–Crippen MR) is 91.2 cm³/mol. The number of nitrogens with zero attached hydrogens (tertiary/aromatic N) is 1. The van der Waals surface area contributed by atoms with Crippen molar-refractivity contribution in [1.82, 2.24) is 4.98 Å². The van der Waals surface area contributed by atoms with E-state index in [1.54, 1.807) is 30.5 Å². The minimum absolute atomic E-state index is 0.0903. The number of carbonyl (C=O) groups excluding carboxylic acids is 2. The second-order valence-corrected chi connectivity index (χ2v) is 6.27. The number of amides is 1. The molecule has 5 nitrogen and oxygen atoms in total. The maximum atomic E-state index is 12.0. The Morgan fingerprint density at radius 3 is 2.74 bits per heavy atom. The molecule has 0 radical (unpaired) electrons. The molecule has 0 saturated heterocycles. The van der Waals surface area contributed by atoms with E-state index in [4.69, 9.17) is 27.9 Å². The summed E-state index contributed by atoms with van der Waals surface area (Å²) in [6, 6.07) is 5.03. The second kappa shape index (κ2) is 8.29. The van der Waals surface area contributed by atoms with Crippen LogP contribution in [0.25, 0.3) is 0 Å².